The van der Waals surface area contributed by atoms with Crippen LogP contribution < -0.4 is 5.32 Å². The molecule has 0 unspecified atom stereocenters. The van der Waals surface area contributed by atoms with Gasteiger partial charge in [-0.15, -0.1) is 0 Å². The predicted molar refractivity (Wildman–Crippen MR) is 79.7 cm³/mol. The summed E-state index contributed by atoms with van der Waals surface area (Å²) in [5.74, 6) is -0.115. The minimum absolute atomic E-state index is 0.115. The normalized spacial score (nSPS) is 11.2. The summed E-state index contributed by atoms with van der Waals surface area (Å²) in [4.78, 5) is 10.9. The fourth-order valence-corrected chi connectivity index (χ4v) is 1.83. The quantitative estimate of drug-likeness (QED) is 0.401. The van der Waals surface area contributed by atoms with Gasteiger partial charge in [-0.3, -0.25) is 4.79 Å². The molecule has 0 saturated heterocycles. The molecular formula is C16H16N2O2. The Balaban J connectivity index is 2.04. The predicted octanol–water partition coefficient (Wildman–Crippen LogP) is 2.77. The van der Waals surface area contributed by atoms with Gasteiger partial charge in [-0.1, -0.05) is 30.3 Å². The Kier molecular flexibility index (Phi) is 4.50. The van der Waals surface area contributed by atoms with Gasteiger partial charge in [-0.05, 0) is 24.3 Å². The monoisotopic (exact) mass is 268 g/mol. The standard InChI is InChI=1S/C16H16N2O2/c1-13(19)17-16-9-7-15(8-10-16)12-18(20)11-14-5-3-2-4-6-14/h2-10,12H,11H2,1H3,(H,17,19). The van der Waals surface area contributed by atoms with E-state index in [0.29, 0.717) is 6.54 Å². The van der Waals surface area contributed by atoms with E-state index < -0.39 is 0 Å². The van der Waals surface area contributed by atoms with Crippen molar-refractivity contribution in [2.45, 2.75) is 13.5 Å². The summed E-state index contributed by atoms with van der Waals surface area (Å²) in [5.41, 5.74) is 2.48. The molecule has 0 radical (unpaired) electrons. The maximum atomic E-state index is 11.8. The maximum absolute atomic E-state index is 11.8. The molecule has 0 heterocycles. The van der Waals surface area contributed by atoms with Crippen LogP contribution in [0.3, 0.4) is 0 Å². The number of hydrogen-bond acceptors (Lipinski definition) is 2. The highest BCUT2D eigenvalue weighted by Gasteiger charge is 2.00. The SMILES string of the molecule is CC(=O)Nc1ccc(C=[N+]([O-])Cc2ccccc2)cc1. The zero-order valence-electron chi connectivity index (χ0n) is 11.2. The second kappa shape index (κ2) is 6.52. The van der Waals surface area contributed by atoms with E-state index in [1.54, 1.807) is 24.3 Å². The molecule has 0 aromatic heterocycles. The summed E-state index contributed by atoms with van der Waals surface area (Å²) in [7, 11) is 0. The molecule has 0 fully saturated rings. The Bertz CT molecular complexity index is 604. The lowest BCUT2D eigenvalue weighted by atomic mass is 10.2. The lowest BCUT2D eigenvalue weighted by Gasteiger charge is -2.05. The second-order valence-electron chi connectivity index (χ2n) is 4.49. The third-order valence-electron chi connectivity index (χ3n) is 2.71. The van der Waals surface area contributed by atoms with Crippen molar-refractivity contribution in [2.24, 2.45) is 0 Å². The number of carbonyl (C=O) groups excluding carboxylic acids is 1. The van der Waals surface area contributed by atoms with Gasteiger partial charge in [-0.2, -0.15) is 0 Å². The first-order valence-corrected chi connectivity index (χ1v) is 6.34. The number of rotatable bonds is 4. The Hall–Kier alpha value is -2.62. The first-order chi connectivity index (χ1) is 9.63. The van der Waals surface area contributed by atoms with Crippen molar-refractivity contribution >= 4 is 17.8 Å². The maximum Gasteiger partial charge on any atom is 0.221 e. The van der Waals surface area contributed by atoms with Gasteiger partial charge in [0.1, 0.15) is 0 Å². The van der Waals surface area contributed by atoms with Gasteiger partial charge in [0.05, 0.1) is 0 Å². The van der Waals surface area contributed by atoms with Crippen molar-refractivity contribution in [1.82, 2.24) is 0 Å². The van der Waals surface area contributed by atoms with Crippen LogP contribution in [0.1, 0.15) is 18.1 Å². The van der Waals surface area contributed by atoms with Crippen molar-refractivity contribution < 1.29 is 9.53 Å². The lowest BCUT2D eigenvalue weighted by molar-refractivity contribution is -0.469. The highest BCUT2D eigenvalue weighted by Crippen LogP contribution is 2.08. The summed E-state index contributed by atoms with van der Waals surface area (Å²) >= 11 is 0. The van der Waals surface area contributed by atoms with E-state index in [1.165, 1.54) is 13.1 Å². The molecule has 4 heteroatoms. The fraction of sp³-hybridized carbons (Fsp3) is 0.125. The minimum Gasteiger partial charge on any atom is -0.624 e. The molecule has 0 saturated carbocycles. The first-order valence-electron chi connectivity index (χ1n) is 6.34. The van der Waals surface area contributed by atoms with Crippen LogP contribution in [0, 0.1) is 5.21 Å². The molecule has 0 aliphatic heterocycles. The highest BCUT2D eigenvalue weighted by atomic mass is 16.5. The highest BCUT2D eigenvalue weighted by molar-refractivity contribution is 5.89. The third kappa shape index (κ3) is 4.24. The van der Waals surface area contributed by atoms with Gasteiger partial charge >= 0.3 is 0 Å². The summed E-state index contributed by atoms with van der Waals surface area (Å²) in [6.45, 7) is 1.77. The van der Waals surface area contributed by atoms with E-state index in [4.69, 9.17) is 0 Å². The number of carbonyl (C=O) groups is 1. The summed E-state index contributed by atoms with van der Waals surface area (Å²) in [6, 6.07) is 16.7. The van der Waals surface area contributed by atoms with E-state index in [1.807, 2.05) is 30.3 Å². The van der Waals surface area contributed by atoms with Crippen LogP contribution in [0.25, 0.3) is 0 Å². The third-order valence-corrected chi connectivity index (χ3v) is 2.71. The smallest absolute Gasteiger partial charge is 0.221 e. The van der Waals surface area contributed by atoms with Gasteiger partial charge in [0.25, 0.3) is 0 Å². The van der Waals surface area contributed by atoms with Gasteiger partial charge in [-0.25, -0.2) is 4.74 Å². The van der Waals surface area contributed by atoms with Crippen LogP contribution in [0.15, 0.2) is 54.6 Å². The van der Waals surface area contributed by atoms with Gasteiger partial charge in [0.2, 0.25) is 5.91 Å². The number of amides is 1. The van der Waals surface area contributed by atoms with E-state index in [2.05, 4.69) is 5.32 Å². The number of hydrogen-bond donors (Lipinski definition) is 1. The molecule has 2 rings (SSSR count). The van der Waals surface area contributed by atoms with Crippen LogP contribution in [0.5, 0.6) is 0 Å². The second-order valence-corrected chi connectivity index (χ2v) is 4.49. The fourth-order valence-electron chi connectivity index (χ4n) is 1.83. The topological polar surface area (TPSA) is 55.2 Å². The molecule has 1 N–H and O–H groups in total. The first kappa shape index (κ1) is 13.8. The Morgan fingerprint density at radius 1 is 1.15 bits per heavy atom. The van der Waals surface area contributed by atoms with Gasteiger partial charge < -0.3 is 10.5 Å². The van der Waals surface area contributed by atoms with Crippen molar-refractivity contribution in [3.63, 3.8) is 0 Å². The zero-order valence-corrected chi connectivity index (χ0v) is 11.2. The molecular weight excluding hydrogens is 252 g/mol. The van der Waals surface area contributed by atoms with E-state index in [9.17, 15) is 10.0 Å². The molecule has 1 amide bonds. The molecule has 0 spiro atoms. The zero-order chi connectivity index (χ0) is 14.4. The van der Waals surface area contributed by atoms with Gasteiger partial charge in [0, 0.05) is 23.7 Å². The minimum atomic E-state index is -0.115. The van der Waals surface area contributed by atoms with Gasteiger partial charge in [0.15, 0.2) is 12.8 Å². The number of nitrogens with zero attached hydrogens (tertiary/aromatic N) is 1. The van der Waals surface area contributed by atoms with Crippen LogP contribution in [0.4, 0.5) is 5.69 Å². The molecule has 0 bridgehead atoms. The Morgan fingerprint density at radius 3 is 2.40 bits per heavy atom. The number of nitrogens with one attached hydrogen (secondary N) is 1. The summed E-state index contributed by atoms with van der Waals surface area (Å²) in [6.07, 6.45) is 1.53. The summed E-state index contributed by atoms with van der Waals surface area (Å²) in [5, 5.41) is 14.5. The molecule has 0 aliphatic carbocycles. The van der Waals surface area contributed by atoms with Crippen molar-refractivity contribution in [2.75, 3.05) is 5.32 Å². The Morgan fingerprint density at radius 2 is 1.80 bits per heavy atom. The summed E-state index contributed by atoms with van der Waals surface area (Å²) < 4.78 is 0.892. The van der Waals surface area contributed by atoms with Crippen molar-refractivity contribution in [3.05, 3.63) is 70.9 Å². The van der Waals surface area contributed by atoms with Crippen LogP contribution in [0.2, 0.25) is 0 Å². The lowest BCUT2D eigenvalue weighted by Crippen LogP contribution is -2.07. The van der Waals surface area contributed by atoms with E-state index in [-0.39, 0.29) is 5.91 Å². The molecule has 2 aromatic carbocycles. The molecule has 0 atom stereocenters. The average Bonchev–Trinajstić information content (AvgIpc) is 2.41. The van der Waals surface area contributed by atoms with E-state index >= 15 is 0 Å². The van der Waals surface area contributed by atoms with Crippen LogP contribution in [-0.4, -0.2) is 16.9 Å². The number of anilines is 1. The number of hydroxylamine groups is 1. The van der Waals surface area contributed by atoms with Crippen LogP contribution >= 0.6 is 0 Å². The molecule has 0 aliphatic rings. The Labute approximate surface area is 118 Å². The average molecular weight is 268 g/mol. The molecule has 102 valence electrons. The van der Waals surface area contributed by atoms with E-state index in [0.717, 1.165) is 21.6 Å². The molecule has 4 nitrogen and oxygen atoms in total. The van der Waals surface area contributed by atoms with Crippen molar-refractivity contribution in [1.29, 1.82) is 0 Å². The largest absolute Gasteiger partial charge is 0.624 e. The van der Waals surface area contributed by atoms with Crippen LogP contribution in [-0.2, 0) is 11.3 Å². The van der Waals surface area contributed by atoms with Crippen molar-refractivity contribution in [3.8, 4) is 0 Å². The molecule has 20 heavy (non-hydrogen) atoms. The molecule has 2 aromatic rings. The number of benzene rings is 2.